The van der Waals surface area contributed by atoms with Crippen LogP contribution in [0.2, 0.25) is 0 Å². The molecule has 6 rings (SSSR count). The standard InChI is InChI=1S/C29H38N2/c1-29-15-14-24-23-10-8-22(31(2)3)18-19(23)6-9-25(24)27(29)12-11-26(29)20-7-13-28-21(17-20)5-4-16-30-28/h4-5,7,11,13,16-17,19,22-25,27H,6,8-10,12,14-15,18H2,1-3H3. The van der Waals surface area contributed by atoms with Gasteiger partial charge in [-0.1, -0.05) is 25.1 Å². The number of benzene rings is 1. The number of hydrogen-bond donors (Lipinski definition) is 0. The van der Waals surface area contributed by atoms with Gasteiger partial charge in [-0.3, -0.25) is 4.98 Å². The number of hydrogen-bond acceptors (Lipinski definition) is 2. The molecule has 0 amide bonds. The van der Waals surface area contributed by atoms with E-state index in [1.807, 2.05) is 6.20 Å². The molecule has 7 atom stereocenters. The lowest BCUT2D eigenvalue weighted by Gasteiger charge is -2.56. The highest BCUT2D eigenvalue weighted by Gasteiger charge is 2.54. The SMILES string of the molecule is CN(C)C1CCC2C(CCC3C2CCC2(C)C(c4ccc5ncccc5c4)=CCC32)C1. The van der Waals surface area contributed by atoms with E-state index >= 15 is 0 Å². The minimum absolute atomic E-state index is 0.366. The van der Waals surface area contributed by atoms with Crippen molar-refractivity contribution >= 4 is 16.5 Å². The van der Waals surface area contributed by atoms with Crippen LogP contribution in [0.4, 0.5) is 0 Å². The Bertz CT molecular complexity index is 1010. The summed E-state index contributed by atoms with van der Waals surface area (Å²) in [4.78, 5) is 7.03. The van der Waals surface area contributed by atoms with Crippen LogP contribution in [-0.4, -0.2) is 30.0 Å². The van der Waals surface area contributed by atoms with Crippen LogP contribution in [0.25, 0.3) is 16.5 Å². The van der Waals surface area contributed by atoms with Crippen molar-refractivity contribution < 1.29 is 0 Å². The molecule has 31 heavy (non-hydrogen) atoms. The fraction of sp³-hybridized carbons (Fsp3) is 0.621. The van der Waals surface area contributed by atoms with E-state index in [1.165, 1.54) is 62.3 Å². The van der Waals surface area contributed by atoms with Crippen LogP contribution in [0, 0.1) is 35.0 Å². The van der Waals surface area contributed by atoms with Crippen LogP contribution in [0.3, 0.4) is 0 Å². The summed E-state index contributed by atoms with van der Waals surface area (Å²) in [5.74, 6) is 4.81. The summed E-state index contributed by atoms with van der Waals surface area (Å²) in [5.41, 5.74) is 4.57. The lowest BCUT2D eigenvalue weighted by atomic mass is 9.49. The van der Waals surface area contributed by atoms with E-state index in [1.54, 1.807) is 5.57 Å². The molecule has 0 radical (unpaired) electrons. The summed E-state index contributed by atoms with van der Waals surface area (Å²) in [6.45, 7) is 2.61. The topological polar surface area (TPSA) is 16.1 Å². The molecule has 1 heterocycles. The van der Waals surface area contributed by atoms with Gasteiger partial charge in [0.15, 0.2) is 0 Å². The molecule has 1 aromatic carbocycles. The first-order valence-electron chi connectivity index (χ1n) is 12.8. The Kier molecular flexibility index (Phi) is 4.79. The average Bonchev–Trinajstić information content (AvgIpc) is 3.15. The van der Waals surface area contributed by atoms with Crippen molar-refractivity contribution in [1.29, 1.82) is 0 Å². The van der Waals surface area contributed by atoms with Crippen LogP contribution in [0.1, 0.15) is 63.9 Å². The van der Waals surface area contributed by atoms with E-state index < -0.39 is 0 Å². The minimum atomic E-state index is 0.366. The highest BCUT2D eigenvalue weighted by molar-refractivity contribution is 5.85. The summed E-state index contributed by atoms with van der Waals surface area (Å²) >= 11 is 0. The lowest BCUT2D eigenvalue weighted by Crippen LogP contribution is -2.49. The highest BCUT2D eigenvalue weighted by Crippen LogP contribution is 2.64. The van der Waals surface area contributed by atoms with Crippen molar-refractivity contribution in [2.45, 2.75) is 64.3 Å². The molecule has 164 valence electrons. The van der Waals surface area contributed by atoms with Crippen molar-refractivity contribution in [3.8, 4) is 0 Å². The Labute approximate surface area is 188 Å². The van der Waals surface area contributed by atoms with Gasteiger partial charge in [-0.05, 0) is 130 Å². The van der Waals surface area contributed by atoms with Crippen molar-refractivity contribution in [2.24, 2.45) is 35.0 Å². The van der Waals surface area contributed by atoms with Gasteiger partial charge in [0.1, 0.15) is 0 Å². The van der Waals surface area contributed by atoms with Crippen LogP contribution in [0.5, 0.6) is 0 Å². The molecule has 0 aliphatic heterocycles. The molecule has 4 aliphatic carbocycles. The van der Waals surface area contributed by atoms with Crippen molar-refractivity contribution in [3.63, 3.8) is 0 Å². The fourth-order valence-electron chi connectivity index (χ4n) is 8.56. The quantitative estimate of drug-likeness (QED) is 0.536. The maximum absolute atomic E-state index is 4.53. The Morgan fingerprint density at radius 2 is 1.84 bits per heavy atom. The second-order valence-corrected chi connectivity index (χ2v) is 11.6. The largest absolute Gasteiger partial charge is 0.306 e. The van der Waals surface area contributed by atoms with Gasteiger partial charge in [0.2, 0.25) is 0 Å². The first-order valence-corrected chi connectivity index (χ1v) is 12.8. The van der Waals surface area contributed by atoms with Gasteiger partial charge < -0.3 is 4.90 Å². The summed E-state index contributed by atoms with van der Waals surface area (Å²) in [5, 5.41) is 1.28. The Morgan fingerprint density at radius 1 is 0.968 bits per heavy atom. The molecule has 2 nitrogen and oxygen atoms in total. The Hall–Kier alpha value is -1.67. The number of nitrogens with zero attached hydrogens (tertiary/aromatic N) is 2. The molecular weight excluding hydrogens is 376 g/mol. The summed E-state index contributed by atoms with van der Waals surface area (Å²) < 4.78 is 0. The van der Waals surface area contributed by atoms with E-state index in [9.17, 15) is 0 Å². The lowest BCUT2D eigenvalue weighted by molar-refractivity contribution is -0.0482. The fourth-order valence-corrected chi connectivity index (χ4v) is 8.56. The first-order chi connectivity index (χ1) is 15.0. The van der Waals surface area contributed by atoms with Crippen molar-refractivity contribution in [2.75, 3.05) is 14.1 Å². The third kappa shape index (κ3) is 3.12. The third-order valence-corrected chi connectivity index (χ3v) is 10.2. The summed E-state index contributed by atoms with van der Waals surface area (Å²) in [6.07, 6.45) is 16.0. The molecule has 3 fully saturated rings. The van der Waals surface area contributed by atoms with Gasteiger partial charge in [0.25, 0.3) is 0 Å². The smallest absolute Gasteiger partial charge is 0.0702 e. The van der Waals surface area contributed by atoms with E-state index in [-0.39, 0.29) is 0 Å². The van der Waals surface area contributed by atoms with Crippen LogP contribution in [0.15, 0.2) is 42.6 Å². The van der Waals surface area contributed by atoms with Crippen molar-refractivity contribution in [3.05, 3.63) is 48.2 Å². The predicted molar refractivity (Wildman–Crippen MR) is 130 cm³/mol. The molecule has 1 aromatic heterocycles. The molecule has 0 spiro atoms. The van der Waals surface area contributed by atoms with Gasteiger partial charge in [0.05, 0.1) is 5.52 Å². The number of aromatic nitrogens is 1. The van der Waals surface area contributed by atoms with Gasteiger partial charge in [0, 0.05) is 17.6 Å². The van der Waals surface area contributed by atoms with Gasteiger partial charge in [-0.25, -0.2) is 0 Å². The number of rotatable bonds is 2. The van der Waals surface area contributed by atoms with Crippen LogP contribution < -0.4 is 0 Å². The highest BCUT2D eigenvalue weighted by atomic mass is 15.1. The van der Waals surface area contributed by atoms with E-state index in [2.05, 4.69) is 67.3 Å². The van der Waals surface area contributed by atoms with Gasteiger partial charge in [-0.15, -0.1) is 0 Å². The second-order valence-electron chi connectivity index (χ2n) is 11.6. The summed E-state index contributed by atoms with van der Waals surface area (Å²) in [7, 11) is 4.58. The zero-order valence-corrected chi connectivity index (χ0v) is 19.6. The normalized spacial score (nSPS) is 39.7. The molecule has 4 aliphatic rings. The molecule has 0 N–H and O–H groups in total. The molecular formula is C29H38N2. The van der Waals surface area contributed by atoms with Gasteiger partial charge in [-0.2, -0.15) is 0 Å². The molecule has 0 saturated heterocycles. The van der Waals surface area contributed by atoms with E-state index in [0.29, 0.717) is 5.41 Å². The zero-order valence-electron chi connectivity index (χ0n) is 19.6. The zero-order chi connectivity index (χ0) is 21.2. The van der Waals surface area contributed by atoms with E-state index in [4.69, 9.17) is 0 Å². The Morgan fingerprint density at radius 3 is 2.71 bits per heavy atom. The molecule has 0 bridgehead atoms. The van der Waals surface area contributed by atoms with E-state index in [0.717, 1.165) is 41.1 Å². The maximum Gasteiger partial charge on any atom is 0.0702 e. The number of fused-ring (bicyclic) bond motifs is 6. The monoisotopic (exact) mass is 414 g/mol. The first kappa shape index (κ1) is 20.0. The number of pyridine rings is 1. The maximum atomic E-state index is 4.53. The molecule has 7 unspecified atom stereocenters. The second kappa shape index (κ2) is 7.44. The molecule has 3 saturated carbocycles. The third-order valence-electron chi connectivity index (χ3n) is 10.2. The average molecular weight is 415 g/mol. The van der Waals surface area contributed by atoms with Gasteiger partial charge >= 0.3 is 0 Å². The molecule has 2 aromatic rings. The molecule has 2 heteroatoms. The van der Waals surface area contributed by atoms with Crippen LogP contribution >= 0.6 is 0 Å². The predicted octanol–water partition coefficient (Wildman–Crippen LogP) is 6.81. The Balaban J connectivity index is 1.25. The number of allylic oxidation sites excluding steroid dienone is 2. The summed E-state index contributed by atoms with van der Waals surface area (Å²) in [6, 6.07) is 12.1. The van der Waals surface area contributed by atoms with Crippen molar-refractivity contribution in [1.82, 2.24) is 9.88 Å². The van der Waals surface area contributed by atoms with Crippen LogP contribution in [-0.2, 0) is 0 Å². The minimum Gasteiger partial charge on any atom is -0.306 e.